The molecule has 0 aliphatic carbocycles. The highest BCUT2D eigenvalue weighted by molar-refractivity contribution is 5.94. The van der Waals surface area contributed by atoms with E-state index in [0.717, 1.165) is 0 Å². The van der Waals surface area contributed by atoms with E-state index in [9.17, 15) is 19.7 Å². The molecule has 1 saturated heterocycles. The number of hydrogen-bond acceptors (Lipinski definition) is 5. The van der Waals surface area contributed by atoms with Crippen LogP contribution in [0.4, 0.5) is 5.69 Å². The van der Waals surface area contributed by atoms with E-state index in [4.69, 9.17) is 5.73 Å². The Hall–Kier alpha value is -2.48. The molecule has 2 unspecified atom stereocenters. The Labute approximate surface area is 140 Å². The minimum Gasteiger partial charge on any atom is -0.339 e. The molecule has 1 aliphatic rings. The zero-order valence-corrected chi connectivity index (χ0v) is 13.8. The summed E-state index contributed by atoms with van der Waals surface area (Å²) in [5.74, 6) is -0.424. The lowest BCUT2D eigenvalue weighted by atomic mass is 10.0. The summed E-state index contributed by atoms with van der Waals surface area (Å²) in [7, 11) is 0. The number of amides is 2. The molecule has 0 radical (unpaired) electrons. The first-order chi connectivity index (χ1) is 11.3. The number of nitrogens with zero attached hydrogens (tertiary/aromatic N) is 3. The highest BCUT2D eigenvalue weighted by Gasteiger charge is 2.28. The van der Waals surface area contributed by atoms with E-state index < -0.39 is 4.92 Å². The number of hydrogen-bond donors (Lipinski definition) is 1. The SMILES string of the molecule is CC(N)C(C)C(=O)N1CCN(C(=O)c2ccc([N+](=O)[O-])cc2)CC1. The van der Waals surface area contributed by atoms with E-state index in [2.05, 4.69) is 0 Å². The summed E-state index contributed by atoms with van der Waals surface area (Å²) < 4.78 is 0. The predicted octanol–water partition coefficient (Wildman–Crippen LogP) is 0.863. The lowest BCUT2D eigenvalue weighted by Gasteiger charge is -2.36. The van der Waals surface area contributed by atoms with Crippen molar-refractivity contribution < 1.29 is 14.5 Å². The van der Waals surface area contributed by atoms with Crippen molar-refractivity contribution in [3.05, 3.63) is 39.9 Å². The first kappa shape index (κ1) is 17.9. The highest BCUT2D eigenvalue weighted by atomic mass is 16.6. The molecule has 2 amide bonds. The molecule has 2 rings (SSSR count). The smallest absolute Gasteiger partial charge is 0.269 e. The highest BCUT2D eigenvalue weighted by Crippen LogP contribution is 2.15. The maximum absolute atomic E-state index is 12.4. The monoisotopic (exact) mass is 334 g/mol. The maximum Gasteiger partial charge on any atom is 0.269 e. The summed E-state index contributed by atoms with van der Waals surface area (Å²) in [4.78, 5) is 38.2. The van der Waals surface area contributed by atoms with Crippen LogP contribution >= 0.6 is 0 Å². The average Bonchev–Trinajstić information content (AvgIpc) is 2.60. The lowest BCUT2D eigenvalue weighted by molar-refractivity contribution is -0.384. The molecule has 2 N–H and O–H groups in total. The number of carbonyl (C=O) groups is 2. The van der Waals surface area contributed by atoms with Gasteiger partial charge in [0.05, 0.1) is 10.8 Å². The van der Waals surface area contributed by atoms with Crippen molar-refractivity contribution in [2.24, 2.45) is 11.7 Å². The molecule has 0 aromatic heterocycles. The van der Waals surface area contributed by atoms with Crippen molar-refractivity contribution in [1.29, 1.82) is 0 Å². The molecule has 1 aromatic carbocycles. The molecular weight excluding hydrogens is 312 g/mol. The molecule has 0 spiro atoms. The first-order valence-corrected chi connectivity index (χ1v) is 7.89. The Kier molecular flexibility index (Phi) is 5.50. The van der Waals surface area contributed by atoms with Gasteiger partial charge in [0.15, 0.2) is 0 Å². The zero-order chi connectivity index (χ0) is 17.9. The molecule has 1 aromatic rings. The van der Waals surface area contributed by atoms with Crippen molar-refractivity contribution in [1.82, 2.24) is 9.80 Å². The van der Waals surface area contributed by atoms with Crippen LogP contribution in [0.15, 0.2) is 24.3 Å². The topological polar surface area (TPSA) is 110 Å². The van der Waals surface area contributed by atoms with Gasteiger partial charge >= 0.3 is 0 Å². The first-order valence-electron chi connectivity index (χ1n) is 7.89. The predicted molar refractivity (Wildman–Crippen MR) is 88.4 cm³/mol. The van der Waals surface area contributed by atoms with Crippen LogP contribution in [0.1, 0.15) is 24.2 Å². The average molecular weight is 334 g/mol. The Morgan fingerprint density at radius 2 is 1.58 bits per heavy atom. The fourth-order valence-electron chi connectivity index (χ4n) is 2.55. The standard InChI is InChI=1S/C16H22N4O4/c1-11(12(2)17)15(21)18-7-9-19(10-8-18)16(22)13-3-5-14(6-4-13)20(23)24/h3-6,11-12H,7-10,17H2,1-2H3. The third kappa shape index (κ3) is 3.88. The summed E-state index contributed by atoms with van der Waals surface area (Å²) in [5.41, 5.74) is 6.13. The fourth-order valence-corrected chi connectivity index (χ4v) is 2.55. The van der Waals surface area contributed by atoms with E-state index in [1.54, 1.807) is 23.6 Å². The number of nitrogens with two attached hydrogens (primary N) is 1. The van der Waals surface area contributed by atoms with Gasteiger partial charge in [-0.05, 0) is 19.1 Å². The van der Waals surface area contributed by atoms with Crippen LogP contribution in [0.5, 0.6) is 0 Å². The van der Waals surface area contributed by atoms with Crippen LogP contribution in [0.25, 0.3) is 0 Å². The van der Waals surface area contributed by atoms with Gasteiger partial charge in [-0.15, -0.1) is 0 Å². The minimum absolute atomic E-state index is 0.00688. The van der Waals surface area contributed by atoms with Gasteiger partial charge in [-0.25, -0.2) is 0 Å². The summed E-state index contributed by atoms with van der Waals surface area (Å²) >= 11 is 0. The second-order valence-corrected chi connectivity index (χ2v) is 6.07. The van der Waals surface area contributed by atoms with Gasteiger partial charge in [0.2, 0.25) is 5.91 Å². The van der Waals surface area contributed by atoms with Gasteiger partial charge < -0.3 is 15.5 Å². The number of benzene rings is 1. The molecule has 0 saturated carbocycles. The summed E-state index contributed by atoms with van der Waals surface area (Å²) in [6, 6.07) is 5.33. The number of rotatable bonds is 4. The largest absolute Gasteiger partial charge is 0.339 e. The normalized spacial score (nSPS) is 17.3. The number of non-ortho nitro benzene ring substituents is 1. The van der Waals surface area contributed by atoms with Crippen molar-refractivity contribution in [2.45, 2.75) is 19.9 Å². The summed E-state index contributed by atoms with van der Waals surface area (Å²) in [5, 5.41) is 10.7. The zero-order valence-electron chi connectivity index (χ0n) is 13.8. The Bertz CT molecular complexity index is 621. The van der Waals surface area contributed by atoms with Crippen LogP contribution in [0.2, 0.25) is 0 Å². The van der Waals surface area contributed by atoms with Crippen molar-refractivity contribution in [3.8, 4) is 0 Å². The van der Waals surface area contributed by atoms with Gasteiger partial charge in [-0.3, -0.25) is 19.7 Å². The van der Waals surface area contributed by atoms with Crippen molar-refractivity contribution >= 4 is 17.5 Å². The van der Waals surface area contributed by atoms with E-state index in [1.165, 1.54) is 24.3 Å². The Morgan fingerprint density at radius 3 is 2.04 bits per heavy atom. The number of nitro benzene ring substituents is 1. The third-order valence-corrected chi connectivity index (χ3v) is 4.38. The van der Waals surface area contributed by atoms with Crippen LogP contribution in [-0.2, 0) is 4.79 Å². The summed E-state index contributed by atoms with van der Waals surface area (Å²) in [6.07, 6.45) is 0. The third-order valence-electron chi connectivity index (χ3n) is 4.38. The van der Waals surface area contributed by atoms with Crippen molar-refractivity contribution in [3.63, 3.8) is 0 Å². The van der Waals surface area contributed by atoms with E-state index in [1.807, 2.05) is 0 Å². The van der Waals surface area contributed by atoms with Crippen molar-refractivity contribution in [2.75, 3.05) is 26.2 Å². The lowest BCUT2D eigenvalue weighted by Crippen LogP contribution is -2.53. The van der Waals surface area contributed by atoms with Gasteiger partial charge in [0.1, 0.15) is 0 Å². The van der Waals surface area contributed by atoms with Gasteiger partial charge in [-0.2, -0.15) is 0 Å². The fraction of sp³-hybridized carbons (Fsp3) is 0.500. The second kappa shape index (κ2) is 7.39. The number of carbonyl (C=O) groups excluding carboxylic acids is 2. The molecule has 1 heterocycles. The maximum atomic E-state index is 12.4. The van der Waals surface area contributed by atoms with E-state index in [0.29, 0.717) is 31.7 Å². The van der Waals surface area contributed by atoms with E-state index >= 15 is 0 Å². The molecule has 130 valence electrons. The molecule has 1 aliphatic heterocycles. The quantitative estimate of drug-likeness (QED) is 0.649. The van der Waals surface area contributed by atoms with Crippen LogP contribution in [0.3, 0.4) is 0 Å². The van der Waals surface area contributed by atoms with Gasteiger partial charge in [0, 0.05) is 49.9 Å². The molecule has 0 bridgehead atoms. The summed E-state index contributed by atoms with van der Waals surface area (Å²) in [6.45, 7) is 5.42. The van der Waals surface area contributed by atoms with Crippen LogP contribution < -0.4 is 5.73 Å². The number of nitro groups is 1. The Balaban J connectivity index is 1.95. The second-order valence-electron chi connectivity index (χ2n) is 6.07. The minimum atomic E-state index is -0.502. The molecule has 2 atom stereocenters. The van der Waals surface area contributed by atoms with Crippen LogP contribution in [0, 0.1) is 16.0 Å². The molecule has 8 nitrogen and oxygen atoms in total. The number of piperazine rings is 1. The molecule has 8 heteroatoms. The molecule has 1 fully saturated rings. The molecular formula is C16H22N4O4. The molecule has 24 heavy (non-hydrogen) atoms. The van der Waals surface area contributed by atoms with Gasteiger partial charge in [0.25, 0.3) is 11.6 Å². The van der Waals surface area contributed by atoms with E-state index in [-0.39, 0.29) is 29.5 Å². The van der Waals surface area contributed by atoms with Gasteiger partial charge in [-0.1, -0.05) is 6.92 Å². The Morgan fingerprint density at radius 1 is 1.08 bits per heavy atom. The van der Waals surface area contributed by atoms with Crippen LogP contribution in [-0.4, -0.2) is 58.8 Å².